The van der Waals surface area contributed by atoms with E-state index in [1.165, 1.54) is 33.5 Å². The highest BCUT2D eigenvalue weighted by Crippen LogP contribution is 2.35. The van der Waals surface area contributed by atoms with Gasteiger partial charge in [0.15, 0.2) is 17.5 Å². The van der Waals surface area contributed by atoms with E-state index in [4.69, 9.17) is 14.2 Å². The Balaban J connectivity index is 2.19. The first-order chi connectivity index (χ1) is 14.8. The summed E-state index contributed by atoms with van der Waals surface area (Å²) in [5.41, 5.74) is 1.09. The number of alkyl halides is 3. The van der Waals surface area contributed by atoms with Crippen LogP contribution in [0.4, 0.5) is 13.2 Å². The molecule has 0 aliphatic carbocycles. The van der Waals surface area contributed by atoms with Gasteiger partial charge in [0, 0.05) is 30.3 Å². The fourth-order valence-corrected chi connectivity index (χ4v) is 2.78. The summed E-state index contributed by atoms with van der Waals surface area (Å²) in [6.07, 6.45) is -4.77. The van der Waals surface area contributed by atoms with E-state index < -0.39 is 6.36 Å². The van der Waals surface area contributed by atoms with Gasteiger partial charge < -0.3 is 29.6 Å². The molecule has 10 heteroatoms. The largest absolute Gasteiger partial charge is 0.573 e. The summed E-state index contributed by atoms with van der Waals surface area (Å²) in [4.78, 5) is 4.50. The molecule has 0 amide bonds. The van der Waals surface area contributed by atoms with Crippen LogP contribution in [-0.4, -0.2) is 40.2 Å². The topological polar surface area (TPSA) is 73.3 Å². The number of rotatable bonds is 9. The van der Waals surface area contributed by atoms with Gasteiger partial charge in [-0.1, -0.05) is 18.2 Å². The average Bonchev–Trinajstić information content (AvgIpc) is 2.74. The Hall–Kier alpha value is -3.30. The Morgan fingerprint density at radius 2 is 1.52 bits per heavy atom. The van der Waals surface area contributed by atoms with Crippen molar-refractivity contribution in [1.82, 2.24) is 10.6 Å². The van der Waals surface area contributed by atoms with Crippen LogP contribution in [0.15, 0.2) is 41.4 Å². The van der Waals surface area contributed by atoms with Crippen molar-refractivity contribution in [2.75, 3.05) is 27.9 Å². The average molecular weight is 441 g/mol. The van der Waals surface area contributed by atoms with E-state index in [2.05, 4.69) is 20.4 Å². The number of hydrogen-bond donors (Lipinski definition) is 2. The van der Waals surface area contributed by atoms with Crippen molar-refractivity contribution in [1.29, 1.82) is 0 Å². The molecule has 2 N–H and O–H groups in total. The zero-order chi connectivity index (χ0) is 22.9. The van der Waals surface area contributed by atoms with Gasteiger partial charge >= 0.3 is 6.36 Å². The van der Waals surface area contributed by atoms with Crippen molar-refractivity contribution < 1.29 is 32.1 Å². The molecule has 0 heterocycles. The van der Waals surface area contributed by atoms with Gasteiger partial charge in [0.1, 0.15) is 11.5 Å². The first kappa shape index (κ1) is 24.0. The van der Waals surface area contributed by atoms with Crippen LogP contribution >= 0.6 is 0 Å². The van der Waals surface area contributed by atoms with Gasteiger partial charge in [0.05, 0.1) is 27.9 Å². The minimum absolute atomic E-state index is 0.0845. The van der Waals surface area contributed by atoms with Crippen molar-refractivity contribution in [2.45, 2.75) is 26.4 Å². The molecule has 170 valence electrons. The van der Waals surface area contributed by atoms with Crippen LogP contribution in [0.2, 0.25) is 0 Å². The number of para-hydroxylation sites is 1. The number of nitrogens with zero attached hydrogens (tertiary/aromatic N) is 1. The lowest BCUT2D eigenvalue weighted by Crippen LogP contribution is -2.37. The van der Waals surface area contributed by atoms with Crippen LogP contribution in [0.1, 0.15) is 18.1 Å². The Morgan fingerprint density at radius 3 is 2.13 bits per heavy atom. The maximum Gasteiger partial charge on any atom is 0.573 e. The molecule has 0 spiro atoms. The third kappa shape index (κ3) is 7.16. The van der Waals surface area contributed by atoms with E-state index in [0.29, 0.717) is 35.3 Å². The SMILES string of the molecule is CCNC(=NCc1cc(OC)c(OC)cc1OC)NCc1ccccc1OC(F)(F)F. The Kier molecular flexibility index (Phi) is 8.65. The third-order valence-corrected chi connectivity index (χ3v) is 4.18. The molecule has 0 bridgehead atoms. The third-order valence-electron chi connectivity index (χ3n) is 4.18. The Labute approximate surface area is 179 Å². The van der Waals surface area contributed by atoms with Crippen LogP contribution in [0.5, 0.6) is 23.0 Å². The van der Waals surface area contributed by atoms with Crippen molar-refractivity contribution in [2.24, 2.45) is 4.99 Å². The minimum atomic E-state index is -4.77. The highest BCUT2D eigenvalue weighted by atomic mass is 19.4. The van der Waals surface area contributed by atoms with Gasteiger partial charge in [-0.3, -0.25) is 0 Å². The van der Waals surface area contributed by atoms with Crippen LogP contribution in [0, 0.1) is 0 Å². The molecule has 7 nitrogen and oxygen atoms in total. The van der Waals surface area contributed by atoms with Crippen molar-refractivity contribution in [3.05, 3.63) is 47.5 Å². The summed E-state index contributed by atoms with van der Waals surface area (Å²) >= 11 is 0. The highest BCUT2D eigenvalue weighted by molar-refractivity contribution is 5.79. The van der Waals surface area contributed by atoms with E-state index in [1.807, 2.05) is 6.92 Å². The van der Waals surface area contributed by atoms with Gasteiger partial charge in [0.25, 0.3) is 0 Å². The molecule has 0 aliphatic rings. The van der Waals surface area contributed by atoms with E-state index in [-0.39, 0.29) is 18.8 Å². The molecular weight excluding hydrogens is 415 g/mol. The molecule has 2 rings (SSSR count). The first-order valence-electron chi connectivity index (χ1n) is 9.46. The lowest BCUT2D eigenvalue weighted by molar-refractivity contribution is -0.274. The van der Waals surface area contributed by atoms with Crippen LogP contribution in [0.3, 0.4) is 0 Å². The number of hydrogen-bond acceptors (Lipinski definition) is 5. The summed E-state index contributed by atoms with van der Waals surface area (Å²) < 4.78 is 58.0. The standard InChI is InChI=1S/C21H26F3N3O4/c1-5-25-20(26-12-14-8-6-7-9-16(14)31-21(22,23)24)27-13-15-10-18(29-3)19(30-4)11-17(15)28-2/h6-11H,5,12-13H2,1-4H3,(H2,25,26,27). The molecular formula is C21H26F3N3O4. The second-order valence-corrected chi connectivity index (χ2v) is 6.22. The van der Waals surface area contributed by atoms with E-state index in [0.717, 1.165) is 5.56 Å². The van der Waals surface area contributed by atoms with Gasteiger partial charge in [-0.15, -0.1) is 13.2 Å². The molecule has 2 aromatic carbocycles. The maximum absolute atomic E-state index is 12.6. The molecule has 0 saturated carbocycles. The maximum atomic E-state index is 12.6. The molecule has 0 aromatic heterocycles. The number of methoxy groups -OCH3 is 3. The number of halogens is 3. The van der Waals surface area contributed by atoms with E-state index in [9.17, 15) is 13.2 Å². The molecule has 0 aliphatic heterocycles. The zero-order valence-electron chi connectivity index (χ0n) is 17.8. The normalized spacial score (nSPS) is 11.6. The first-order valence-corrected chi connectivity index (χ1v) is 9.46. The lowest BCUT2D eigenvalue weighted by Gasteiger charge is -2.16. The quantitative estimate of drug-likeness (QED) is 0.455. The summed E-state index contributed by atoms with van der Waals surface area (Å²) in [7, 11) is 4.60. The number of benzene rings is 2. The molecule has 31 heavy (non-hydrogen) atoms. The zero-order valence-corrected chi connectivity index (χ0v) is 17.8. The van der Waals surface area contributed by atoms with E-state index >= 15 is 0 Å². The molecule has 0 unspecified atom stereocenters. The molecule has 0 radical (unpaired) electrons. The fourth-order valence-electron chi connectivity index (χ4n) is 2.78. The van der Waals surface area contributed by atoms with Crippen LogP contribution in [-0.2, 0) is 13.1 Å². The van der Waals surface area contributed by atoms with Crippen molar-refractivity contribution >= 4 is 5.96 Å². The molecule has 0 saturated heterocycles. The smallest absolute Gasteiger partial charge is 0.496 e. The second kappa shape index (κ2) is 11.2. The van der Waals surface area contributed by atoms with Crippen LogP contribution < -0.4 is 29.6 Å². The van der Waals surface area contributed by atoms with E-state index in [1.54, 1.807) is 24.3 Å². The molecule has 0 fully saturated rings. The number of aliphatic imine (C=N–C) groups is 1. The molecule has 2 aromatic rings. The van der Waals surface area contributed by atoms with Gasteiger partial charge in [-0.25, -0.2) is 4.99 Å². The predicted octanol–water partition coefficient (Wildman–Crippen LogP) is 3.87. The Morgan fingerprint density at radius 1 is 0.871 bits per heavy atom. The predicted molar refractivity (Wildman–Crippen MR) is 111 cm³/mol. The summed E-state index contributed by atoms with van der Waals surface area (Å²) in [5.74, 6) is 1.78. The summed E-state index contributed by atoms with van der Waals surface area (Å²) in [6.45, 7) is 2.77. The Bertz CT molecular complexity index is 889. The van der Waals surface area contributed by atoms with Crippen molar-refractivity contribution in [3.63, 3.8) is 0 Å². The van der Waals surface area contributed by atoms with Gasteiger partial charge in [-0.05, 0) is 19.1 Å². The van der Waals surface area contributed by atoms with Crippen molar-refractivity contribution in [3.8, 4) is 23.0 Å². The number of guanidine groups is 1. The number of ether oxygens (including phenoxy) is 4. The summed E-state index contributed by atoms with van der Waals surface area (Å²) in [6, 6.07) is 9.40. The number of nitrogens with one attached hydrogen (secondary N) is 2. The lowest BCUT2D eigenvalue weighted by atomic mass is 10.1. The highest BCUT2D eigenvalue weighted by Gasteiger charge is 2.31. The van der Waals surface area contributed by atoms with Crippen LogP contribution in [0.25, 0.3) is 0 Å². The second-order valence-electron chi connectivity index (χ2n) is 6.22. The summed E-state index contributed by atoms with van der Waals surface area (Å²) in [5, 5.41) is 6.08. The monoisotopic (exact) mass is 441 g/mol. The van der Waals surface area contributed by atoms with Gasteiger partial charge in [0.2, 0.25) is 0 Å². The molecule has 0 atom stereocenters. The van der Waals surface area contributed by atoms with Gasteiger partial charge in [-0.2, -0.15) is 0 Å². The fraction of sp³-hybridized carbons (Fsp3) is 0.381. The minimum Gasteiger partial charge on any atom is -0.496 e.